The van der Waals surface area contributed by atoms with Crippen molar-refractivity contribution in [2.45, 2.75) is 32.9 Å². The molecule has 0 unspecified atom stereocenters. The van der Waals surface area contributed by atoms with Crippen LogP contribution in [0.25, 0.3) is 11.0 Å². The Balaban J connectivity index is 1.72. The lowest BCUT2D eigenvalue weighted by Gasteiger charge is -2.30. The van der Waals surface area contributed by atoms with E-state index in [4.69, 9.17) is 16.0 Å². The average molecular weight is 480 g/mol. The summed E-state index contributed by atoms with van der Waals surface area (Å²) in [6.45, 7) is 4.53. The van der Waals surface area contributed by atoms with Gasteiger partial charge in [-0.05, 0) is 54.8 Å². The van der Waals surface area contributed by atoms with E-state index in [2.05, 4.69) is 29.5 Å². The highest BCUT2D eigenvalue weighted by Gasteiger charge is 2.35. The number of aromatic nitrogens is 3. The first-order chi connectivity index (χ1) is 16.4. The third kappa shape index (κ3) is 5.28. The van der Waals surface area contributed by atoms with Gasteiger partial charge in [0.2, 0.25) is 5.91 Å². The standard InChI is InChI=1S/C25H26ClN5O3/c1-17(2)12-13-27-25(33)24(22-11-6-14-34-22)31(19-8-5-7-18(26)15-19)23(32)16-30-21-10-4-3-9-20(21)28-29-30/h3-11,14-15,17,24H,12-13,16H2,1-2H3,(H,27,33)/t24-/m1/s1. The maximum absolute atomic E-state index is 13.8. The van der Waals surface area contributed by atoms with Crippen LogP contribution in [0.3, 0.4) is 0 Å². The predicted octanol–water partition coefficient (Wildman–Crippen LogP) is 4.61. The van der Waals surface area contributed by atoms with Gasteiger partial charge in [-0.25, -0.2) is 4.68 Å². The van der Waals surface area contributed by atoms with Gasteiger partial charge in [-0.1, -0.05) is 48.9 Å². The second-order valence-electron chi connectivity index (χ2n) is 8.37. The number of hydrogen-bond acceptors (Lipinski definition) is 5. The van der Waals surface area contributed by atoms with Gasteiger partial charge in [0, 0.05) is 17.3 Å². The largest absolute Gasteiger partial charge is 0.467 e. The Morgan fingerprint density at radius 3 is 2.68 bits per heavy atom. The molecule has 176 valence electrons. The van der Waals surface area contributed by atoms with Crippen LogP contribution in [-0.2, 0) is 16.1 Å². The number of nitrogens with one attached hydrogen (secondary N) is 1. The summed E-state index contributed by atoms with van der Waals surface area (Å²) in [5.41, 5.74) is 1.87. The van der Waals surface area contributed by atoms with Gasteiger partial charge in [0.1, 0.15) is 17.8 Å². The number of para-hydroxylation sites is 1. The van der Waals surface area contributed by atoms with Gasteiger partial charge >= 0.3 is 0 Å². The number of nitrogens with zero attached hydrogens (tertiary/aromatic N) is 4. The van der Waals surface area contributed by atoms with Crippen molar-refractivity contribution in [1.29, 1.82) is 0 Å². The zero-order chi connectivity index (χ0) is 24.1. The predicted molar refractivity (Wildman–Crippen MR) is 130 cm³/mol. The van der Waals surface area contributed by atoms with E-state index in [9.17, 15) is 9.59 Å². The number of furan rings is 1. The molecule has 0 saturated carbocycles. The molecule has 2 amide bonds. The first-order valence-corrected chi connectivity index (χ1v) is 11.5. The molecule has 4 rings (SSSR count). The Bertz CT molecular complexity index is 1270. The van der Waals surface area contributed by atoms with Crippen molar-refractivity contribution in [3.63, 3.8) is 0 Å². The van der Waals surface area contributed by atoms with Crippen LogP contribution >= 0.6 is 11.6 Å². The third-order valence-corrected chi connectivity index (χ3v) is 5.64. The van der Waals surface area contributed by atoms with Crippen molar-refractivity contribution in [1.82, 2.24) is 20.3 Å². The van der Waals surface area contributed by atoms with Gasteiger partial charge in [-0.2, -0.15) is 0 Å². The minimum Gasteiger partial charge on any atom is -0.467 e. The molecule has 0 spiro atoms. The number of fused-ring (bicyclic) bond motifs is 1. The van der Waals surface area contributed by atoms with E-state index >= 15 is 0 Å². The molecule has 0 aliphatic carbocycles. The molecule has 0 radical (unpaired) electrons. The van der Waals surface area contributed by atoms with Crippen LogP contribution < -0.4 is 10.2 Å². The lowest BCUT2D eigenvalue weighted by molar-refractivity contribution is -0.127. The average Bonchev–Trinajstić information content (AvgIpc) is 3.47. The number of hydrogen-bond donors (Lipinski definition) is 1. The molecule has 1 atom stereocenters. The molecule has 1 N–H and O–H groups in total. The van der Waals surface area contributed by atoms with Crippen LogP contribution in [0.5, 0.6) is 0 Å². The monoisotopic (exact) mass is 479 g/mol. The quantitative estimate of drug-likeness (QED) is 0.378. The van der Waals surface area contributed by atoms with E-state index in [0.29, 0.717) is 34.4 Å². The van der Waals surface area contributed by atoms with Crippen molar-refractivity contribution >= 4 is 40.1 Å². The van der Waals surface area contributed by atoms with Gasteiger partial charge in [-0.15, -0.1) is 5.10 Å². The van der Waals surface area contributed by atoms with E-state index in [1.807, 2.05) is 24.3 Å². The molecule has 0 bridgehead atoms. The summed E-state index contributed by atoms with van der Waals surface area (Å²) in [5.74, 6) is 0.0677. The summed E-state index contributed by atoms with van der Waals surface area (Å²) < 4.78 is 7.13. The lowest BCUT2D eigenvalue weighted by atomic mass is 10.1. The Morgan fingerprint density at radius 1 is 1.12 bits per heavy atom. The Labute approximate surface area is 202 Å². The minimum absolute atomic E-state index is 0.122. The first kappa shape index (κ1) is 23.5. The van der Waals surface area contributed by atoms with Crippen LogP contribution in [0.15, 0.2) is 71.3 Å². The summed E-state index contributed by atoms with van der Waals surface area (Å²) >= 11 is 6.25. The molecular weight excluding hydrogens is 454 g/mol. The fourth-order valence-corrected chi connectivity index (χ4v) is 3.89. The molecule has 0 aliphatic rings. The zero-order valence-corrected chi connectivity index (χ0v) is 19.8. The minimum atomic E-state index is -1.03. The molecule has 2 heterocycles. The number of benzene rings is 2. The van der Waals surface area contributed by atoms with E-state index in [1.165, 1.54) is 15.8 Å². The lowest BCUT2D eigenvalue weighted by Crippen LogP contribution is -2.45. The van der Waals surface area contributed by atoms with Crippen molar-refractivity contribution in [2.24, 2.45) is 5.92 Å². The van der Waals surface area contributed by atoms with Crippen molar-refractivity contribution < 1.29 is 14.0 Å². The summed E-state index contributed by atoms with van der Waals surface area (Å²) in [6.07, 6.45) is 2.29. The smallest absolute Gasteiger partial charge is 0.251 e. The second-order valence-corrected chi connectivity index (χ2v) is 8.81. The van der Waals surface area contributed by atoms with Gasteiger partial charge in [0.15, 0.2) is 6.04 Å². The van der Waals surface area contributed by atoms with Crippen LogP contribution in [0.4, 0.5) is 5.69 Å². The van der Waals surface area contributed by atoms with Crippen LogP contribution in [0.2, 0.25) is 5.02 Å². The topological polar surface area (TPSA) is 93.3 Å². The molecule has 9 heteroatoms. The van der Waals surface area contributed by atoms with Crippen molar-refractivity contribution in [3.8, 4) is 0 Å². The van der Waals surface area contributed by atoms with Crippen molar-refractivity contribution in [3.05, 3.63) is 77.7 Å². The van der Waals surface area contributed by atoms with Gasteiger partial charge in [0.05, 0.1) is 11.8 Å². The van der Waals surface area contributed by atoms with Crippen LogP contribution in [0.1, 0.15) is 32.1 Å². The normalized spacial score (nSPS) is 12.1. The number of anilines is 1. The molecule has 34 heavy (non-hydrogen) atoms. The molecule has 8 nitrogen and oxygen atoms in total. The summed E-state index contributed by atoms with van der Waals surface area (Å²) in [5, 5.41) is 11.7. The maximum atomic E-state index is 13.8. The second kappa shape index (κ2) is 10.5. The molecular formula is C25H26ClN5O3. The van der Waals surface area contributed by atoms with E-state index in [-0.39, 0.29) is 18.4 Å². The number of carbonyl (C=O) groups excluding carboxylic acids is 2. The van der Waals surface area contributed by atoms with Gasteiger partial charge < -0.3 is 9.73 Å². The SMILES string of the molecule is CC(C)CCNC(=O)[C@@H](c1ccco1)N(C(=O)Cn1nnc2ccccc21)c1cccc(Cl)c1. The van der Waals surface area contributed by atoms with E-state index < -0.39 is 6.04 Å². The van der Waals surface area contributed by atoms with Crippen LogP contribution in [-0.4, -0.2) is 33.4 Å². The molecule has 0 saturated heterocycles. The molecule has 2 aromatic carbocycles. The number of halogens is 1. The Morgan fingerprint density at radius 2 is 1.94 bits per heavy atom. The highest BCUT2D eigenvalue weighted by Crippen LogP contribution is 2.30. The van der Waals surface area contributed by atoms with Crippen LogP contribution in [0, 0.1) is 5.92 Å². The summed E-state index contributed by atoms with van der Waals surface area (Å²) in [7, 11) is 0. The highest BCUT2D eigenvalue weighted by molar-refractivity contribution is 6.31. The van der Waals surface area contributed by atoms with E-state index in [0.717, 1.165) is 11.9 Å². The highest BCUT2D eigenvalue weighted by atomic mass is 35.5. The third-order valence-electron chi connectivity index (χ3n) is 5.40. The summed E-state index contributed by atoms with van der Waals surface area (Å²) in [4.78, 5) is 28.6. The number of amides is 2. The first-order valence-electron chi connectivity index (χ1n) is 11.1. The summed E-state index contributed by atoms with van der Waals surface area (Å²) in [6, 6.07) is 16.6. The van der Waals surface area contributed by atoms with Crippen molar-refractivity contribution in [2.75, 3.05) is 11.4 Å². The fraction of sp³-hybridized carbons (Fsp3) is 0.280. The molecule has 2 aromatic heterocycles. The zero-order valence-electron chi connectivity index (χ0n) is 19.0. The Kier molecular flexibility index (Phi) is 7.27. The number of carbonyl (C=O) groups is 2. The van der Waals surface area contributed by atoms with Gasteiger partial charge in [-0.3, -0.25) is 14.5 Å². The van der Waals surface area contributed by atoms with Gasteiger partial charge in [0.25, 0.3) is 5.91 Å². The fourth-order valence-electron chi connectivity index (χ4n) is 3.70. The Hall–Kier alpha value is -3.65. The number of rotatable bonds is 9. The maximum Gasteiger partial charge on any atom is 0.251 e. The molecule has 4 aromatic rings. The molecule has 0 fully saturated rings. The van der Waals surface area contributed by atoms with E-state index in [1.54, 1.807) is 36.4 Å². The molecule has 0 aliphatic heterocycles.